The largest absolute Gasteiger partial charge is 0.487 e. The molecule has 3 unspecified atom stereocenters. The van der Waals surface area contributed by atoms with Crippen molar-refractivity contribution < 1.29 is 41.0 Å². The molecule has 4 nitrogen and oxygen atoms in total. The van der Waals surface area contributed by atoms with Gasteiger partial charge >= 0.3 is 18.3 Å². The van der Waals surface area contributed by atoms with E-state index in [1.54, 1.807) is 18.9 Å². The number of carbonyl (C=O) groups is 1. The number of aliphatic carboxylic acids is 1. The van der Waals surface area contributed by atoms with E-state index in [2.05, 4.69) is 0 Å². The molecule has 0 amide bonds. The number of carboxylic acid groups (broad SMARTS) is 1. The fraction of sp³-hybridized carbons (Fsp3) is 0.567. The van der Waals surface area contributed by atoms with Gasteiger partial charge < -0.3 is 9.84 Å². The van der Waals surface area contributed by atoms with E-state index >= 15 is 0 Å². The number of hydrogen-bond acceptors (Lipinski definition) is 3. The van der Waals surface area contributed by atoms with Gasteiger partial charge in [-0.1, -0.05) is 19.1 Å². The van der Waals surface area contributed by atoms with Crippen LogP contribution < -0.4 is 4.74 Å². The molecule has 1 N–H and O–H groups in total. The van der Waals surface area contributed by atoms with E-state index in [0.717, 1.165) is 42.6 Å². The maximum absolute atomic E-state index is 13.7. The lowest BCUT2D eigenvalue weighted by molar-refractivity contribution is -0.142. The van der Waals surface area contributed by atoms with Crippen molar-refractivity contribution in [2.75, 3.05) is 7.05 Å². The summed E-state index contributed by atoms with van der Waals surface area (Å²) in [5.41, 5.74) is -1.09. The van der Waals surface area contributed by atoms with E-state index < -0.39 is 52.6 Å². The van der Waals surface area contributed by atoms with Gasteiger partial charge in [0, 0.05) is 24.9 Å². The van der Waals surface area contributed by atoms with Crippen molar-refractivity contribution in [3.05, 3.63) is 64.2 Å². The van der Waals surface area contributed by atoms with Crippen LogP contribution in [0.4, 0.5) is 26.3 Å². The van der Waals surface area contributed by atoms with Crippen LogP contribution in [0.5, 0.6) is 5.75 Å². The Bertz CT molecular complexity index is 1280. The van der Waals surface area contributed by atoms with Crippen LogP contribution in [-0.2, 0) is 23.6 Å². The second kappa shape index (κ2) is 9.96. The van der Waals surface area contributed by atoms with Gasteiger partial charge in [-0.3, -0.25) is 9.69 Å². The first-order chi connectivity index (χ1) is 18.6. The van der Waals surface area contributed by atoms with Gasteiger partial charge in [0.25, 0.3) is 0 Å². The zero-order valence-corrected chi connectivity index (χ0v) is 22.6. The van der Waals surface area contributed by atoms with Crippen LogP contribution in [0.15, 0.2) is 36.4 Å². The van der Waals surface area contributed by atoms with E-state index in [-0.39, 0.29) is 12.0 Å². The maximum Gasteiger partial charge on any atom is 0.416 e. The summed E-state index contributed by atoms with van der Waals surface area (Å²) >= 11 is 0. The lowest BCUT2D eigenvalue weighted by Crippen LogP contribution is -2.58. The standard InChI is InChI=1S/C30H33F6NO3/c1-16(27(38)39)26(19-5-6-19)20-7-4-18-10-11-28(40-25(18)12-20)14-22(15-28)37(3)17(2)23-13-21(29(31,32)33)8-9-24(23)30(34,35)36/h4,7-9,12-13,16-17,19,22,26H,5-6,10-11,14-15H2,1-3H3,(H,38,39). The molecule has 2 saturated carbocycles. The van der Waals surface area contributed by atoms with Crippen molar-refractivity contribution in [3.8, 4) is 5.75 Å². The van der Waals surface area contributed by atoms with Crippen LogP contribution in [0.2, 0.25) is 0 Å². The lowest BCUT2D eigenvalue weighted by atomic mass is 9.69. The van der Waals surface area contributed by atoms with Gasteiger partial charge in [0.2, 0.25) is 0 Å². The molecule has 3 atom stereocenters. The molecule has 0 aromatic heterocycles. The minimum Gasteiger partial charge on any atom is -0.487 e. The Morgan fingerprint density at radius 1 is 1.02 bits per heavy atom. The van der Waals surface area contributed by atoms with Gasteiger partial charge in [-0.15, -0.1) is 0 Å². The van der Waals surface area contributed by atoms with Gasteiger partial charge in [0.1, 0.15) is 11.4 Å². The molecule has 2 aromatic rings. The summed E-state index contributed by atoms with van der Waals surface area (Å²) in [7, 11) is 1.64. The third-order valence-electron chi connectivity index (χ3n) is 9.25. The van der Waals surface area contributed by atoms with Crippen LogP contribution in [0.25, 0.3) is 0 Å². The number of halogens is 6. The van der Waals surface area contributed by atoms with Crippen molar-refractivity contribution in [1.82, 2.24) is 4.90 Å². The number of hydrogen-bond donors (Lipinski definition) is 1. The second-order valence-corrected chi connectivity index (χ2v) is 11.8. The van der Waals surface area contributed by atoms with Crippen LogP contribution >= 0.6 is 0 Å². The molecule has 218 valence electrons. The first-order valence-corrected chi connectivity index (χ1v) is 13.6. The number of ether oxygens (including phenoxy) is 1. The number of alkyl halides is 6. The van der Waals surface area contributed by atoms with Crippen molar-refractivity contribution in [2.45, 2.75) is 88.3 Å². The summed E-state index contributed by atoms with van der Waals surface area (Å²) in [6.07, 6.45) is -4.97. The highest BCUT2D eigenvalue weighted by molar-refractivity contribution is 5.71. The number of nitrogens with zero attached hydrogens (tertiary/aromatic N) is 1. The molecule has 2 aromatic carbocycles. The Hall–Kier alpha value is -2.75. The van der Waals surface area contributed by atoms with Crippen molar-refractivity contribution in [1.29, 1.82) is 0 Å². The summed E-state index contributed by atoms with van der Waals surface area (Å²) < 4.78 is 87.6. The molecule has 0 bridgehead atoms. The first-order valence-electron chi connectivity index (χ1n) is 13.6. The first kappa shape index (κ1) is 28.8. The Balaban J connectivity index is 1.32. The van der Waals surface area contributed by atoms with E-state index in [4.69, 9.17) is 4.74 Å². The molecule has 1 aliphatic heterocycles. The summed E-state index contributed by atoms with van der Waals surface area (Å²) in [6.45, 7) is 3.23. The van der Waals surface area contributed by atoms with E-state index in [1.165, 1.54) is 6.92 Å². The zero-order chi connectivity index (χ0) is 29.2. The highest BCUT2D eigenvalue weighted by atomic mass is 19.4. The van der Waals surface area contributed by atoms with Crippen LogP contribution in [-0.4, -0.2) is 34.7 Å². The molecule has 40 heavy (non-hydrogen) atoms. The summed E-state index contributed by atoms with van der Waals surface area (Å²) in [5.74, 6) is -0.398. The summed E-state index contributed by atoms with van der Waals surface area (Å²) in [4.78, 5) is 13.5. The SMILES string of the molecule is CC(C(=O)O)C(c1ccc2c(c1)OC1(CC2)CC(N(C)C(C)c2cc(C(F)(F)F)ccc2C(F)(F)F)C1)C1CC1. The van der Waals surface area contributed by atoms with Crippen LogP contribution in [0.1, 0.15) is 85.7 Å². The number of benzene rings is 2. The van der Waals surface area contributed by atoms with Gasteiger partial charge in [0.05, 0.1) is 17.0 Å². The Morgan fingerprint density at radius 2 is 1.70 bits per heavy atom. The smallest absolute Gasteiger partial charge is 0.416 e. The summed E-state index contributed by atoms with van der Waals surface area (Å²) in [6, 6.07) is 6.49. The van der Waals surface area contributed by atoms with Gasteiger partial charge in [-0.25, -0.2) is 0 Å². The Labute approximate surface area is 229 Å². The predicted octanol–water partition coefficient (Wildman–Crippen LogP) is 7.86. The molecule has 0 saturated heterocycles. The Kier molecular flexibility index (Phi) is 7.16. The molecule has 3 aliphatic rings. The topological polar surface area (TPSA) is 49.8 Å². The minimum atomic E-state index is -4.78. The normalized spacial score (nSPS) is 25.1. The number of aryl methyl sites for hydroxylation is 1. The lowest BCUT2D eigenvalue weighted by Gasteiger charge is -2.53. The number of rotatable bonds is 7. The van der Waals surface area contributed by atoms with Gasteiger partial charge in [-0.05, 0) is 92.4 Å². The van der Waals surface area contributed by atoms with Crippen LogP contribution in [0.3, 0.4) is 0 Å². The molecule has 10 heteroatoms. The highest BCUT2D eigenvalue weighted by Gasteiger charge is 2.51. The maximum atomic E-state index is 13.7. The molecule has 1 spiro atoms. The second-order valence-electron chi connectivity index (χ2n) is 11.8. The average Bonchev–Trinajstić information content (AvgIpc) is 3.69. The molecular weight excluding hydrogens is 536 g/mol. The fourth-order valence-corrected chi connectivity index (χ4v) is 6.56. The molecular formula is C30H33F6NO3. The molecule has 2 aliphatic carbocycles. The van der Waals surface area contributed by atoms with Gasteiger partial charge in [-0.2, -0.15) is 26.3 Å². The molecule has 2 fully saturated rings. The molecule has 1 heterocycles. The summed E-state index contributed by atoms with van der Waals surface area (Å²) in [5, 5.41) is 9.63. The van der Waals surface area contributed by atoms with E-state index in [0.29, 0.717) is 37.0 Å². The quantitative estimate of drug-likeness (QED) is 0.345. The third-order valence-corrected chi connectivity index (χ3v) is 9.25. The van der Waals surface area contributed by atoms with Crippen molar-refractivity contribution >= 4 is 5.97 Å². The molecule has 5 rings (SSSR count). The van der Waals surface area contributed by atoms with Gasteiger partial charge in [0.15, 0.2) is 0 Å². The molecule has 0 radical (unpaired) electrons. The van der Waals surface area contributed by atoms with Crippen molar-refractivity contribution in [3.63, 3.8) is 0 Å². The van der Waals surface area contributed by atoms with Crippen molar-refractivity contribution in [2.24, 2.45) is 11.8 Å². The van der Waals surface area contributed by atoms with Crippen LogP contribution in [0, 0.1) is 11.8 Å². The Morgan fingerprint density at radius 3 is 2.27 bits per heavy atom. The third kappa shape index (κ3) is 5.43. The van der Waals surface area contributed by atoms with E-state index in [1.807, 2.05) is 18.2 Å². The fourth-order valence-electron chi connectivity index (χ4n) is 6.56. The van der Waals surface area contributed by atoms with E-state index in [9.17, 15) is 36.2 Å². The minimum absolute atomic E-state index is 0.0966. The predicted molar refractivity (Wildman–Crippen MR) is 136 cm³/mol. The zero-order valence-electron chi connectivity index (χ0n) is 22.6. The number of carboxylic acids is 1. The monoisotopic (exact) mass is 569 g/mol. The average molecular weight is 570 g/mol. The number of fused-ring (bicyclic) bond motifs is 1. The highest BCUT2D eigenvalue weighted by Crippen LogP contribution is 2.51.